The average molecular weight is 450 g/mol. The van der Waals surface area contributed by atoms with Crippen molar-refractivity contribution in [1.82, 2.24) is 9.55 Å². The highest BCUT2D eigenvalue weighted by Crippen LogP contribution is 2.25. The van der Waals surface area contributed by atoms with E-state index in [4.69, 9.17) is 11.6 Å². The minimum absolute atomic E-state index is 0.0907. The second kappa shape index (κ2) is 8.96. The van der Waals surface area contributed by atoms with Crippen LogP contribution in [0, 0.1) is 6.92 Å². The van der Waals surface area contributed by atoms with Gasteiger partial charge in [0.1, 0.15) is 0 Å². The first kappa shape index (κ1) is 21.2. The Balaban J connectivity index is 1.73. The third-order valence-corrected chi connectivity index (χ3v) is 6.33. The molecule has 0 N–H and O–H groups in total. The monoisotopic (exact) mass is 449 g/mol. The minimum Gasteiger partial charge on any atom is -0.315 e. The molecular weight excluding hydrogens is 430 g/mol. The SMILES string of the molecule is Cc1ccc(-n2c(SCC(=O)N(C)c3ccccc3)nc3ccccc3c2=O)cc1Cl. The third kappa shape index (κ3) is 4.36. The van der Waals surface area contributed by atoms with Gasteiger partial charge >= 0.3 is 0 Å². The van der Waals surface area contributed by atoms with E-state index in [0.717, 1.165) is 11.3 Å². The van der Waals surface area contributed by atoms with Crippen LogP contribution in [0.2, 0.25) is 5.02 Å². The first-order valence-corrected chi connectivity index (χ1v) is 11.0. The number of carbonyl (C=O) groups is 1. The zero-order valence-electron chi connectivity index (χ0n) is 17.1. The molecule has 1 aromatic heterocycles. The summed E-state index contributed by atoms with van der Waals surface area (Å²) in [5.74, 6) is 0.0440. The third-order valence-electron chi connectivity index (χ3n) is 5.00. The maximum atomic E-state index is 13.3. The van der Waals surface area contributed by atoms with Gasteiger partial charge in [-0.1, -0.05) is 59.8 Å². The van der Waals surface area contributed by atoms with Crippen molar-refractivity contribution < 1.29 is 4.79 Å². The van der Waals surface area contributed by atoms with Crippen LogP contribution >= 0.6 is 23.4 Å². The molecule has 0 aliphatic heterocycles. The number of fused-ring (bicyclic) bond motifs is 1. The van der Waals surface area contributed by atoms with E-state index in [-0.39, 0.29) is 17.2 Å². The van der Waals surface area contributed by atoms with Crippen molar-refractivity contribution in [2.45, 2.75) is 12.1 Å². The molecule has 1 amide bonds. The number of para-hydroxylation sites is 2. The van der Waals surface area contributed by atoms with Crippen LogP contribution in [0.25, 0.3) is 16.6 Å². The van der Waals surface area contributed by atoms with E-state index in [1.54, 1.807) is 30.1 Å². The van der Waals surface area contributed by atoms with Crippen molar-refractivity contribution in [3.8, 4) is 5.69 Å². The highest BCUT2D eigenvalue weighted by atomic mass is 35.5. The van der Waals surface area contributed by atoms with Crippen molar-refractivity contribution in [2.24, 2.45) is 0 Å². The van der Waals surface area contributed by atoms with Gasteiger partial charge in [0.05, 0.1) is 22.3 Å². The fourth-order valence-electron chi connectivity index (χ4n) is 3.18. The molecule has 156 valence electrons. The van der Waals surface area contributed by atoms with Crippen molar-refractivity contribution in [3.05, 3.63) is 93.7 Å². The van der Waals surface area contributed by atoms with Gasteiger partial charge in [-0.05, 0) is 48.9 Å². The first-order chi connectivity index (χ1) is 15.0. The predicted octanol–water partition coefficient (Wildman–Crippen LogP) is 5.10. The number of anilines is 1. The molecule has 0 atom stereocenters. The second-order valence-electron chi connectivity index (χ2n) is 7.06. The quantitative estimate of drug-likeness (QED) is 0.314. The van der Waals surface area contributed by atoms with Crippen LogP contribution in [0.15, 0.2) is 82.7 Å². The zero-order chi connectivity index (χ0) is 22.0. The van der Waals surface area contributed by atoms with Crippen LogP contribution in [0.5, 0.6) is 0 Å². The molecule has 0 aliphatic carbocycles. The lowest BCUT2D eigenvalue weighted by Gasteiger charge is -2.18. The molecule has 0 unspecified atom stereocenters. The molecule has 0 fully saturated rings. The first-order valence-electron chi connectivity index (χ1n) is 9.68. The van der Waals surface area contributed by atoms with Crippen LogP contribution in [0.3, 0.4) is 0 Å². The highest BCUT2D eigenvalue weighted by molar-refractivity contribution is 7.99. The topological polar surface area (TPSA) is 55.2 Å². The van der Waals surface area contributed by atoms with E-state index in [9.17, 15) is 9.59 Å². The molecule has 1 heterocycles. The summed E-state index contributed by atoms with van der Waals surface area (Å²) >= 11 is 7.55. The van der Waals surface area contributed by atoms with Gasteiger partial charge in [-0.25, -0.2) is 4.98 Å². The van der Waals surface area contributed by atoms with Crippen molar-refractivity contribution >= 4 is 45.9 Å². The summed E-state index contributed by atoms with van der Waals surface area (Å²) in [6.45, 7) is 1.90. The summed E-state index contributed by atoms with van der Waals surface area (Å²) in [5.41, 5.74) is 2.73. The molecule has 4 aromatic rings. The highest BCUT2D eigenvalue weighted by Gasteiger charge is 2.17. The Morgan fingerprint density at radius 1 is 1.06 bits per heavy atom. The minimum atomic E-state index is -0.197. The van der Waals surface area contributed by atoms with Crippen molar-refractivity contribution in [1.29, 1.82) is 0 Å². The Morgan fingerprint density at radius 3 is 2.52 bits per heavy atom. The smallest absolute Gasteiger partial charge is 0.266 e. The molecule has 0 saturated heterocycles. The molecule has 0 saturated carbocycles. The van der Waals surface area contributed by atoms with Crippen LogP contribution in [0.1, 0.15) is 5.56 Å². The summed E-state index contributed by atoms with van der Waals surface area (Å²) < 4.78 is 1.52. The zero-order valence-corrected chi connectivity index (χ0v) is 18.7. The molecule has 0 bridgehead atoms. The largest absolute Gasteiger partial charge is 0.315 e. The van der Waals surface area contributed by atoms with Gasteiger partial charge in [0.25, 0.3) is 5.56 Å². The van der Waals surface area contributed by atoms with Gasteiger partial charge in [-0.3, -0.25) is 14.2 Å². The number of thioether (sulfide) groups is 1. The summed E-state index contributed by atoms with van der Waals surface area (Å²) in [4.78, 5) is 32.4. The Kier molecular flexibility index (Phi) is 6.11. The number of nitrogens with zero attached hydrogens (tertiary/aromatic N) is 3. The number of halogens is 1. The number of aromatic nitrogens is 2. The van der Waals surface area contributed by atoms with E-state index in [0.29, 0.717) is 26.8 Å². The van der Waals surface area contributed by atoms with E-state index in [1.165, 1.54) is 16.3 Å². The predicted molar refractivity (Wildman–Crippen MR) is 128 cm³/mol. The number of amides is 1. The van der Waals surface area contributed by atoms with Crippen LogP contribution in [-0.2, 0) is 4.79 Å². The normalized spacial score (nSPS) is 10.9. The molecule has 0 radical (unpaired) electrons. The molecule has 7 heteroatoms. The molecule has 4 rings (SSSR count). The van der Waals surface area contributed by atoms with Gasteiger partial charge in [-0.15, -0.1) is 0 Å². The molecular formula is C24H20ClN3O2S. The van der Waals surface area contributed by atoms with Crippen LogP contribution in [0.4, 0.5) is 5.69 Å². The molecule has 0 aliphatic rings. The standard InChI is InChI=1S/C24H20ClN3O2S/c1-16-12-13-18(14-20(16)25)28-23(30)19-10-6-7-11-21(19)26-24(28)31-15-22(29)27(2)17-8-4-3-5-9-17/h3-14H,15H2,1-2H3. The van der Waals surface area contributed by atoms with Crippen LogP contribution < -0.4 is 10.5 Å². The van der Waals surface area contributed by atoms with E-state index < -0.39 is 0 Å². The van der Waals surface area contributed by atoms with Gasteiger partial charge in [-0.2, -0.15) is 0 Å². The summed E-state index contributed by atoms with van der Waals surface area (Å²) in [6.07, 6.45) is 0. The number of hydrogen-bond donors (Lipinski definition) is 0. The van der Waals surface area contributed by atoms with Gasteiger partial charge in [0, 0.05) is 17.8 Å². The van der Waals surface area contributed by atoms with Gasteiger partial charge in [0.15, 0.2) is 5.16 Å². The van der Waals surface area contributed by atoms with E-state index >= 15 is 0 Å². The molecule has 5 nitrogen and oxygen atoms in total. The van der Waals surface area contributed by atoms with Gasteiger partial charge < -0.3 is 4.90 Å². The van der Waals surface area contributed by atoms with E-state index in [1.807, 2.05) is 61.5 Å². The second-order valence-corrected chi connectivity index (χ2v) is 8.41. The maximum absolute atomic E-state index is 13.3. The van der Waals surface area contributed by atoms with Crippen molar-refractivity contribution in [3.63, 3.8) is 0 Å². The number of carbonyl (C=O) groups excluding carboxylic acids is 1. The Bertz CT molecular complexity index is 1320. The maximum Gasteiger partial charge on any atom is 0.266 e. The fraction of sp³-hybridized carbons (Fsp3) is 0.125. The molecule has 31 heavy (non-hydrogen) atoms. The Hall–Kier alpha value is -3.09. The Labute approximate surface area is 189 Å². The summed E-state index contributed by atoms with van der Waals surface area (Å²) in [6, 6.07) is 22.1. The number of aryl methyl sites for hydroxylation is 1. The average Bonchev–Trinajstić information content (AvgIpc) is 2.79. The number of benzene rings is 3. The molecule has 0 spiro atoms. The lowest BCUT2D eigenvalue weighted by molar-refractivity contribution is -0.115. The Morgan fingerprint density at radius 2 is 1.77 bits per heavy atom. The van der Waals surface area contributed by atoms with Gasteiger partial charge in [0.2, 0.25) is 5.91 Å². The van der Waals surface area contributed by atoms with Crippen molar-refractivity contribution in [2.75, 3.05) is 17.7 Å². The summed E-state index contributed by atoms with van der Waals surface area (Å²) in [5, 5.41) is 1.52. The number of hydrogen-bond acceptors (Lipinski definition) is 4. The van der Waals surface area contributed by atoms with Crippen LogP contribution in [-0.4, -0.2) is 28.3 Å². The summed E-state index contributed by atoms with van der Waals surface area (Å²) in [7, 11) is 1.73. The fourth-order valence-corrected chi connectivity index (χ4v) is 4.28. The lowest BCUT2D eigenvalue weighted by Crippen LogP contribution is -2.28. The molecule has 3 aromatic carbocycles. The number of rotatable bonds is 5. The van der Waals surface area contributed by atoms with E-state index in [2.05, 4.69) is 4.98 Å². The lowest BCUT2D eigenvalue weighted by atomic mass is 10.2.